The number of aromatic nitrogens is 1. The molecule has 1 heterocycles. The molecule has 3 aromatic rings. The van der Waals surface area contributed by atoms with Crippen LogP contribution in [0.25, 0.3) is 22.3 Å². The normalized spacial score (nSPS) is 10.7. The largest absolute Gasteiger partial charge is 0.508 e. The lowest BCUT2D eigenvalue weighted by molar-refractivity contribution is 0.475. The third-order valence-corrected chi connectivity index (χ3v) is 3.88. The van der Waals surface area contributed by atoms with Gasteiger partial charge in [0.2, 0.25) is 0 Å². The van der Waals surface area contributed by atoms with Crippen LogP contribution in [0, 0.1) is 5.82 Å². The van der Waals surface area contributed by atoms with E-state index < -0.39 is 0 Å². The molecular formula is C19H17FN2O. The number of rotatable bonds is 3. The number of pyridine rings is 1. The van der Waals surface area contributed by atoms with Gasteiger partial charge in [-0.25, -0.2) is 9.37 Å². The van der Waals surface area contributed by atoms with Crippen molar-refractivity contribution in [3.63, 3.8) is 0 Å². The Kier molecular flexibility index (Phi) is 3.98. The van der Waals surface area contributed by atoms with Gasteiger partial charge in [-0.15, -0.1) is 0 Å². The highest BCUT2D eigenvalue weighted by atomic mass is 19.1. The Morgan fingerprint density at radius 3 is 2.22 bits per heavy atom. The lowest BCUT2D eigenvalue weighted by Gasteiger charge is -2.16. The average Bonchev–Trinajstić information content (AvgIpc) is 2.56. The highest BCUT2D eigenvalue weighted by molar-refractivity contribution is 5.84. The quantitative estimate of drug-likeness (QED) is 0.753. The van der Waals surface area contributed by atoms with Crippen LogP contribution in [-0.4, -0.2) is 10.1 Å². The fraction of sp³-hybridized carbons (Fsp3) is 0.105. The zero-order chi connectivity index (χ0) is 16.4. The van der Waals surface area contributed by atoms with Crippen molar-refractivity contribution in [2.75, 3.05) is 5.73 Å². The summed E-state index contributed by atoms with van der Waals surface area (Å²) in [4.78, 5) is 4.31. The van der Waals surface area contributed by atoms with E-state index in [9.17, 15) is 9.50 Å². The predicted molar refractivity (Wildman–Crippen MR) is 90.5 cm³/mol. The molecule has 0 radical (unpaired) electrons. The van der Waals surface area contributed by atoms with Crippen molar-refractivity contribution in [1.29, 1.82) is 0 Å². The van der Waals surface area contributed by atoms with E-state index in [4.69, 9.17) is 5.73 Å². The predicted octanol–water partition coefficient (Wildman–Crippen LogP) is 4.40. The van der Waals surface area contributed by atoms with E-state index in [1.54, 1.807) is 30.5 Å². The molecule has 0 fully saturated rings. The van der Waals surface area contributed by atoms with Crippen molar-refractivity contribution in [1.82, 2.24) is 4.98 Å². The molecule has 0 spiro atoms. The minimum Gasteiger partial charge on any atom is -0.508 e. The summed E-state index contributed by atoms with van der Waals surface area (Å²) in [7, 11) is 0. The summed E-state index contributed by atoms with van der Waals surface area (Å²) in [6.45, 7) is 2.05. The van der Waals surface area contributed by atoms with E-state index in [1.165, 1.54) is 12.1 Å². The van der Waals surface area contributed by atoms with Gasteiger partial charge in [0.25, 0.3) is 0 Å². The van der Waals surface area contributed by atoms with Crippen molar-refractivity contribution < 1.29 is 9.50 Å². The number of phenolic OH excluding ortho intramolecular Hbond substituents is 1. The van der Waals surface area contributed by atoms with Gasteiger partial charge in [0.1, 0.15) is 17.4 Å². The lowest BCUT2D eigenvalue weighted by Crippen LogP contribution is -2.01. The molecule has 0 bridgehead atoms. The number of aromatic hydroxyl groups is 1. The minimum atomic E-state index is -0.269. The molecule has 0 aliphatic rings. The first-order valence-corrected chi connectivity index (χ1v) is 7.43. The van der Waals surface area contributed by atoms with Crippen molar-refractivity contribution in [2.24, 2.45) is 0 Å². The molecule has 23 heavy (non-hydrogen) atoms. The smallest absolute Gasteiger partial charge is 0.131 e. The van der Waals surface area contributed by atoms with Gasteiger partial charge in [0.15, 0.2) is 0 Å². The molecule has 0 amide bonds. The Morgan fingerprint density at radius 2 is 1.61 bits per heavy atom. The van der Waals surface area contributed by atoms with Gasteiger partial charge < -0.3 is 10.8 Å². The van der Waals surface area contributed by atoms with Gasteiger partial charge in [0, 0.05) is 17.3 Å². The monoisotopic (exact) mass is 308 g/mol. The molecular weight excluding hydrogens is 291 g/mol. The van der Waals surface area contributed by atoms with Crippen LogP contribution in [0.4, 0.5) is 10.2 Å². The molecule has 4 heteroatoms. The summed E-state index contributed by atoms with van der Waals surface area (Å²) >= 11 is 0. The third kappa shape index (κ3) is 2.88. The average molecular weight is 308 g/mol. The molecule has 0 aliphatic heterocycles. The first-order valence-electron chi connectivity index (χ1n) is 7.43. The highest BCUT2D eigenvalue weighted by Gasteiger charge is 2.15. The molecule has 3 nitrogen and oxygen atoms in total. The molecule has 0 atom stereocenters. The number of nitrogen functional groups attached to an aromatic ring is 1. The topological polar surface area (TPSA) is 59.1 Å². The standard InChI is InChI=1S/C19H17FN2O/c1-2-16-17(12-3-7-14(20)8-4-12)11-22-19(21)18(16)13-5-9-15(23)10-6-13/h3-11,23H,2H2,1H3,(H2,21,22). The third-order valence-electron chi connectivity index (χ3n) is 3.88. The fourth-order valence-corrected chi connectivity index (χ4v) is 2.76. The maximum Gasteiger partial charge on any atom is 0.131 e. The Morgan fingerprint density at radius 1 is 1.00 bits per heavy atom. The molecule has 0 unspecified atom stereocenters. The molecule has 0 saturated carbocycles. The fourth-order valence-electron chi connectivity index (χ4n) is 2.76. The summed E-state index contributed by atoms with van der Waals surface area (Å²) in [5, 5.41) is 9.48. The zero-order valence-electron chi connectivity index (χ0n) is 12.8. The zero-order valence-corrected chi connectivity index (χ0v) is 12.8. The maximum atomic E-state index is 13.2. The second-order valence-corrected chi connectivity index (χ2v) is 5.32. The summed E-state index contributed by atoms with van der Waals surface area (Å²) in [6, 6.07) is 13.2. The van der Waals surface area contributed by atoms with Crippen molar-refractivity contribution >= 4 is 5.82 Å². The van der Waals surface area contributed by atoms with Crippen LogP contribution < -0.4 is 5.73 Å². The second kappa shape index (κ2) is 6.08. The SMILES string of the molecule is CCc1c(-c2ccc(F)cc2)cnc(N)c1-c1ccc(O)cc1. The van der Waals surface area contributed by atoms with Gasteiger partial charge in [-0.05, 0) is 47.4 Å². The summed E-state index contributed by atoms with van der Waals surface area (Å²) < 4.78 is 13.2. The Balaban J connectivity index is 2.21. The van der Waals surface area contributed by atoms with Crippen LogP contribution in [0.15, 0.2) is 54.7 Å². The number of phenols is 1. The van der Waals surface area contributed by atoms with Gasteiger partial charge in [0.05, 0.1) is 0 Å². The number of benzene rings is 2. The molecule has 2 aromatic carbocycles. The number of halogens is 1. The molecule has 3 N–H and O–H groups in total. The summed E-state index contributed by atoms with van der Waals surface area (Å²) in [6.07, 6.45) is 2.49. The van der Waals surface area contributed by atoms with Crippen LogP contribution in [0.2, 0.25) is 0 Å². The van der Waals surface area contributed by atoms with Gasteiger partial charge in [-0.3, -0.25) is 0 Å². The second-order valence-electron chi connectivity index (χ2n) is 5.32. The maximum absolute atomic E-state index is 13.2. The van der Waals surface area contributed by atoms with E-state index in [1.807, 2.05) is 19.1 Å². The molecule has 3 rings (SSSR count). The van der Waals surface area contributed by atoms with Crippen LogP contribution >= 0.6 is 0 Å². The van der Waals surface area contributed by atoms with Crippen molar-refractivity contribution in [3.05, 3.63) is 66.1 Å². The van der Waals surface area contributed by atoms with Crippen molar-refractivity contribution in [2.45, 2.75) is 13.3 Å². The van der Waals surface area contributed by atoms with E-state index in [2.05, 4.69) is 4.98 Å². The number of hydrogen-bond acceptors (Lipinski definition) is 3. The first kappa shape index (κ1) is 15.0. The molecule has 0 aliphatic carbocycles. The lowest BCUT2D eigenvalue weighted by atomic mass is 9.92. The number of nitrogens with two attached hydrogens (primary N) is 1. The van der Waals surface area contributed by atoms with Gasteiger partial charge >= 0.3 is 0 Å². The number of hydrogen-bond donors (Lipinski definition) is 2. The van der Waals surface area contributed by atoms with Gasteiger partial charge in [-0.2, -0.15) is 0 Å². The van der Waals surface area contributed by atoms with Crippen LogP contribution in [-0.2, 0) is 6.42 Å². The van der Waals surface area contributed by atoms with E-state index in [-0.39, 0.29) is 11.6 Å². The molecule has 0 saturated heterocycles. The first-order chi connectivity index (χ1) is 11.1. The Hall–Kier alpha value is -2.88. The van der Waals surface area contributed by atoms with E-state index in [0.717, 1.165) is 34.2 Å². The molecule has 1 aromatic heterocycles. The Labute approximate surface area is 134 Å². The summed E-state index contributed by atoms with van der Waals surface area (Å²) in [5.74, 6) is 0.375. The highest BCUT2D eigenvalue weighted by Crippen LogP contribution is 2.36. The Bertz CT molecular complexity index is 827. The number of nitrogens with zero attached hydrogens (tertiary/aromatic N) is 1. The van der Waals surface area contributed by atoms with E-state index >= 15 is 0 Å². The summed E-state index contributed by atoms with van der Waals surface area (Å²) in [5.41, 5.74) is 10.7. The van der Waals surface area contributed by atoms with E-state index in [0.29, 0.717) is 5.82 Å². The van der Waals surface area contributed by atoms with Gasteiger partial charge in [-0.1, -0.05) is 31.2 Å². The molecule has 116 valence electrons. The van der Waals surface area contributed by atoms with Crippen molar-refractivity contribution in [3.8, 4) is 28.0 Å². The van der Waals surface area contributed by atoms with Crippen LogP contribution in [0.3, 0.4) is 0 Å². The number of anilines is 1. The van der Waals surface area contributed by atoms with Crippen LogP contribution in [0.5, 0.6) is 5.75 Å². The van der Waals surface area contributed by atoms with Crippen LogP contribution in [0.1, 0.15) is 12.5 Å². The minimum absolute atomic E-state index is 0.202.